The fourth-order valence-electron chi connectivity index (χ4n) is 4.24. The Bertz CT molecular complexity index is 1270. The molecule has 0 spiro atoms. The van der Waals surface area contributed by atoms with Crippen molar-refractivity contribution in [3.8, 4) is 11.5 Å². The molecule has 1 amide bonds. The zero-order valence-electron chi connectivity index (χ0n) is 24.4. The van der Waals surface area contributed by atoms with Gasteiger partial charge in [0.25, 0.3) is 5.91 Å². The third-order valence-electron chi connectivity index (χ3n) is 6.80. The number of carboxylic acid groups (broad SMARTS) is 1. The van der Waals surface area contributed by atoms with Crippen molar-refractivity contribution in [3.63, 3.8) is 0 Å². The summed E-state index contributed by atoms with van der Waals surface area (Å²) in [6, 6.07) is 19.5. The van der Waals surface area contributed by atoms with E-state index in [4.69, 9.17) is 9.47 Å². The third-order valence-corrected chi connectivity index (χ3v) is 6.80. The van der Waals surface area contributed by atoms with Crippen molar-refractivity contribution >= 4 is 17.8 Å². The van der Waals surface area contributed by atoms with Crippen LogP contribution in [0.2, 0.25) is 0 Å². The fourth-order valence-corrected chi connectivity index (χ4v) is 4.24. The number of hydrogen-bond donors (Lipinski definition) is 2. The lowest BCUT2D eigenvalue weighted by molar-refractivity contribution is -0.139. The molecule has 0 aliphatic rings. The Balaban J connectivity index is 1.51. The van der Waals surface area contributed by atoms with E-state index in [-0.39, 0.29) is 11.8 Å². The number of carbonyl (C=O) groups is 3. The molecule has 1 unspecified atom stereocenters. The molecule has 0 aliphatic carbocycles. The highest BCUT2D eigenvalue weighted by Gasteiger charge is 2.22. The van der Waals surface area contributed by atoms with Crippen molar-refractivity contribution in [1.82, 2.24) is 5.32 Å². The molecule has 0 bridgehead atoms. The number of ether oxygens (including phenoxy) is 2. The van der Waals surface area contributed by atoms with E-state index in [0.717, 1.165) is 18.4 Å². The Morgan fingerprint density at radius 3 is 1.95 bits per heavy atom. The molecule has 0 fully saturated rings. The van der Waals surface area contributed by atoms with E-state index < -0.39 is 23.9 Å². The van der Waals surface area contributed by atoms with E-state index in [2.05, 4.69) is 33.0 Å². The van der Waals surface area contributed by atoms with Crippen molar-refractivity contribution in [2.24, 2.45) is 0 Å². The molecule has 7 nitrogen and oxygen atoms in total. The molecular formula is C34H41NO6. The Hall–Kier alpha value is -4.13. The molecule has 1 atom stereocenters. The van der Waals surface area contributed by atoms with E-state index >= 15 is 0 Å². The van der Waals surface area contributed by atoms with E-state index in [1.165, 1.54) is 19.3 Å². The highest BCUT2D eigenvalue weighted by Crippen LogP contribution is 2.22. The Labute approximate surface area is 242 Å². The quantitative estimate of drug-likeness (QED) is 0.126. The minimum Gasteiger partial charge on any atom is -0.494 e. The van der Waals surface area contributed by atoms with Gasteiger partial charge in [-0.25, -0.2) is 9.59 Å². The lowest BCUT2D eigenvalue weighted by Gasteiger charge is -2.19. The first-order valence-electron chi connectivity index (χ1n) is 14.2. The van der Waals surface area contributed by atoms with Crippen LogP contribution < -0.4 is 14.8 Å². The molecule has 0 heterocycles. The monoisotopic (exact) mass is 559 g/mol. The smallest absolute Gasteiger partial charge is 0.343 e. The summed E-state index contributed by atoms with van der Waals surface area (Å²) in [4.78, 5) is 37.2. The summed E-state index contributed by atoms with van der Waals surface area (Å²) in [5.41, 5.74) is 2.50. The highest BCUT2D eigenvalue weighted by atomic mass is 16.5. The summed E-state index contributed by atoms with van der Waals surface area (Å²) < 4.78 is 11.2. The summed E-state index contributed by atoms with van der Waals surface area (Å²) in [6.07, 6.45) is 5.90. The van der Waals surface area contributed by atoms with E-state index in [1.54, 1.807) is 60.7 Å². The lowest BCUT2D eigenvalue weighted by atomic mass is 9.86. The number of hydrogen-bond acceptors (Lipinski definition) is 5. The summed E-state index contributed by atoms with van der Waals surface area (Å²) >= 11 is 0. The van der Waals surface area contributed by atoms with Gasteiger partial charge in [-0.15, -0.1) is 0 Å². The third kappa shape index (κ3) is 10.1. The van der Waals surface area contributed by atoms with Gasteiger partial charge in [0.05, 0.1) is 12.2 Å². The number of carboxylic acids is 1. The zero-order valence-corrected chi connectivity index (χ0v) is 24.4. The van der Waals surface area contributed by atoms with Crippen LogP contribution >= 0.6 is 0 Å². The number of carbonyl (C=O) groups excluding carboxylic acids is 2. The second-order valence-corrected chi connectivity index (χ2v) is 11.2. The van der Waals surface area contributed by atoms with Crippen LogP contribution in [0.1, 0.15) is 91.6 Å². The summed E-state index contributed by atoms with van der Waals surface area (Å²) in [5, 5.41) is 12.3. The Kier molecular flexibility index (Phi) is 11.5. The average Bonchev–Trinajstić information content (AvgIpc) is 2.95. The molecule has 0 saturated carbocycles. The van der Waals surface area contributed by atoms with Gasteiger partial charge in [0.2, 0.25) is 0 Å². The number of benzene rings is 3. The normalized spacial score (nSPS) is 11.9. The maximum absolute atomic E-state index is 12.7. The first-order chi connectivity index (χ1) is 19.6. The highest BCUT2D eigenvalue weighted by molar-refractivity contribution is 5.96. The van der Waals surface area contributed by atoms with Crippen LogP contribution in [0.3, 0.4) is 0 Å². The number of rotatable bonds is 14. The molecule has 0 radical (unpaired) electrons. The SMILES string of the molecule is CCCCCCCOc1ccc(C(=O)Oc2ccc(CC(NC(=O)c3ccc(C(C)(C)C)cc3)C(=O)O)cc2)cc1. The molecule has 218 valence electrons. The molecule has 3 rings (SSSR count). The van der Waals surface area contributed by atoms with Gasteiger partial charge in [0.1, 0.15) is 17.5 Å². The molecular weight excluding hydrogens is 518 g/mol. The van der Waals surface area contributed by atoms with Gasteiger partial charge in [0, 0.05) is 12.0 Å². The van der Waals surface area contributed by atoms with Crippen molar-refractivity contribution < 1.29 is 29.0 Å². The van der Waals surface area contributed by atoms with Gasteiger partial charge in [-0.1, -0.05) is 77.6 Å². The van der Waals surface area contributed by atoms with Crippen molar-refractivity contribution in [2.45, 2.75) is 77.7 Å². The van der Waals surface area contributed by atoms with Crippen LogP contribution in [0.4, 0.5) is 0 Å². The number of aliphatic carboxylic acids is 1. The van der Waals surface area contributed by atoms with Crippen LogP contribution in [0, 0.1) is 0 Å². The number of amides is 1. The minimum absolute atomic E-state index is 0.0500. The van der Waals surface area contributed by atoms with Gasteiger partial charge < -0.3 is 19.9 Å². The minimum atomic E-state index is -1.14. The predicted molar refractivity (Wildman–Crippen MR) is 160 cm³/mol. The standard InChI is InChI=1S/C34H41NO6/c1-5-6-7-8-9-22-40-28-20-14-26(15-21-28)33(39)41-29-18-10-24(11-19-29)23-30(32(37)38)35-31(36)25-12-16-27(17-13-25)34(2,3)4/h10-21,30H,5-9,22-23H2,1-4H3,(H,35,36)(H,37,38). The summed E-state index contributed by atoms with van der Waals surface area (Å²) in [5.74, 6) is -1.04. The van der Waals surface area contributed by atoms with Crippen LogP contribution in [0.25, 0.3) is 0 Å². The summed E-state index contributed by atoms with van der Waals surface area (Å²) in [7, 11) is 0. The second kappa shape index (κ2) is 15.0. The van der Waals surface area contributed by atoms with Crippen molar-refractivity contribution in [2.75, 3.05) is 6.61 Å². The topological polar surface area (TPSA) is 102 Å². The van der Waals surface area contributed by atoms with Crippen LogP contribution in [0.5, 0.6) is 11.5 Å². The predicted octanol–water partition coefficient (Wildman–Crippen LogP) is 6.98. The van der Waals surface area contributed by atoms with E-state index in [9.17, 15) is 19.5 Å². The molecule has 0 saturated heterocycles. The van der Waals surface area contributed by atoms with Crippen LogP contribution in [0.15, 0.2) is 72.8 Å². The zero-order chi connectivity index (χ0) is 29.8. The molecule has 0 aromatic heterocycles. The largest absolute Gasteiger partial charge is 0.494 e. The average molecular weight is 560 g/mol. The lowest BCUT2D eigenvalue weighted by Crippen LogP contribution is -2.42. The molecule has 2 N–H and O–H groups in total. The van der Waals surface area contributed by atoms with Gasteiger partial charge in [-0.2, -0.15) is 0 Å². The number of unbranched alkanes of at least 4 members (excludes halogenated alkanes) is 4. The van der Waals surface area contributed by atoms with Gasteiger partial charge in [-0.3, -0.25) is 4.79 Å². The van der Waals surface area contributed by atoms with Gasteiger partial charge in [-0.05, 0) is 71.5 Å². The molecule has 0 aliphatic heterocycles. The Morgan fingerprint density at radius 2 is 1.37 bits per heavy atom. The Morgan fingerprint density at radius 1 is 0.780 bits per heavy atom. The van der Waals surface area contributed by atoms with Crippen molar-refractivity contribution in [1.29, 1.82) is 0 Å². The molecule has 7 heteroatoms. The van der Waals surface area contributed by atoms with Crippen molar-refractivity contribution in [3.05, 3.63) is 95.1 Å². The second-order valence-electron chi connectivity index (χ2n) is 11.2. The van der Waals surface area contributed by atoms with Gasteiger partial charge in [0.15, 0.2) is 0 Å². The van der Waals surface area contributed by atoms with E-state index in [0.29, 0.717) is 34.8 Å². The first-order valence-corrected chi connectivity index (χ1v) is 14.2. The van der Waals surface area contributed by atoms with Crippen LogP contribution in [-0.4, -0.2) is 35.6 Å². The maximum atomic E-state index is 12.7. The van der Waals surface area contributed by atoms with E-state index in [1.807, 2.05) is 12.1 Å². The molecule has 41 heavy (non-hydrogen) atoms. The molecule has 3 aromatic carbocycles. The summed E-state index contributed by atoms with van der Waals surface area (Å²) in [6.45, 7) is 9.08. The maximum Gasteiger partial charge on any atom is 0.343 e. The fraction of sp³-hybridized carbons (Fsp3) is 0.382. The number of nitrogens with one attached hydrogen (secondary N) is 1. The first kappa shape index (κ1) is 31.4. The van der Waals surface area contributed by atoms with Gasteiger partial charge >= 0.3 is 11.9 Å². The number of esters is 1. The van der Waals surface area contributed by atoms with Crippen LogP contribution in [-0.2, 0) is 16.6 Å². The molecule has 3 aromatic rings.